The maximum atomic E-state index is 12.3. The number of aromatic nitrogens is 2. The Morgan fingerprint density at radius 1 is 1.24 bits per heavy atom. The van der Waals surface area contributed by atoms with E-state index in [0.29, 0.717) is 10.4 Å². The molecule has 2 rings (SSSR count). The molecule has 2 aromatic rings. The highest BCUT2D eigenvalue weighted by atomic mass is 32.1. The first-order valence-corrected chi connectivity index (χ1v) is 6.30. The van der Waals surface area contributed by atoms with Gasteiger partial charge in [-0.05, 0) is 24.4 Å². The maximum absolute atomic E-state index is 12.3. The summed E-state index contributed by atoms with van der Waals surface area (Å²) in [6, 6.07) is 7.58. The molecule has 0 spiro atoms. The zero-order valence-electron chi connectivity index (χ0n) is 10.1. The van der Waals surface area contributed by atoms with E-state index in [4.69, 9.17) is 0 Å². The number of ketones is 1. The van der Waals surface area contributed by atoms with Crippen LogP contribution in [0.2, 0.25) is 0 Å². The lowest BCUT2D eigenvalue weighted by Crippen LogP contribution is -2.04. The molecule has 0 unspecified atom stereocenters. The second-order valence-electron chi connectivity index (χ2n) is 4.34. The van der Waals surface area contributed by atoms with Crippen LogP contribution in [-0.4, -0.2) is 15.4 Å². The number of hydrogen-bond acceptors (Lipinski definition) is 4. The standard InChI is InChI=1S/C13H14N2OS/c1-8(2)11-13(17-15-14-11)12(16)10-6-4-9(3)5-7-10/h4-8H,1-3H3. The summed E-state index contributed by atoms with van der Waals surface area (Å²) in [5.74, 6) is 0.238. The molecule has 1 aromatic carbocycles. The fourth-order valence-corrected chi connectivity index (χ4v) is 2.35. The van der Waals surface area contributed by atoms with E-state index in [1.165, 1.54) is 11.5 Å². The van der Waals surface area contributed by atoms with Crippen molar-refractivity contribution in [2.24, 2.45) is 0 Å². The van der Waals surface area contributed by atoms with E-state index in [2.05, 4.69) is 9.59 Å². The predicted octanol–water partition coefficient (Wildman–Crippen LogP) is 3.20. The first-order chi connectivity index (χ1) is 8.09. The van der Waals surface area contributed by atoms with Gasteiger partial charge in [0, 0.05) is 5.56 Å². The Balaban J connectivity index is 2.37. The summed E-state index contributed by atoms with van der Waals surface area (Å²) in [4.78, 5) is 12.9. The van der Waals surface area contributed by atoms with Crippen LogP contribution in [0.4, 0.5) is 0 Å². The zero-order chi connectivity index (χ0) is 12.4. The Kier molecular flexibility index (Phi) is 3.33. The third-order valence-corrected chi connectivity index (χ3v) is 3.32. The average molecular weight is 246 g/mol. The van der Waals surface area contributed by atoms with E-state index in [-0.39, 0.29) is 11.7 Å². The number of benzene rings is 1. The van der Waals surface area contributed by atoms with Crippen LogP contribution in [0.5, 0.6) is 0 Å². The van der Waals surface area contributed by atoms with Crippen LogP contribution in [0, 0.1) is 6.92 Å². The number of rotatable bonds is 3. The second kappa shape index (κ2) is 4.75. The van der Waals surface area contributed by atoms with Crippen LogP contribution < -0.4 is 0 Å². The number of nitrogens with zero attached hydrogens (tertiary/aromatic N) is 2. The van der Waals surface area contributed by atoms with Crippen molar-refractivity contribution >= 4 is 17.3 Å². The molecule has 0 atom stereocenters. The summed E-state index contributed by atoms with van der Waals surface area (Å²) in [6.45, 7) is 6.04. The molecule has 0 aliphatic carbocycles. The zero-order valence-corrected chi connectivity index (χ0v) is 10.9. The smallest absolute Gasteiger partial charge is 0.206 e. The normalized spacial score (nSPS) is 10.8. The SMILES string of the molecule is Cc1ccc(C(=O)c2snnc2C(C)C)cc1. The van der Waals surface area contributed by atoms with Crippen LogP contribution in [0.15, 0.2) is 24.3 Å². The van der Waals surface area contributed by atoms with Gasteiger partial charge in [-0.25, -0.2) is 0 Å². The summed E-state index contributed by atoms with van der Waals surface area (Å²) in [5.41, 5.74) is 2.64. The molecule has 0 N–H and O–H groups in total. The third-order valence-electron chi connectivity index (χ3n) is 2.58. The van der Waals surface area contributed by atoms with Crippen molar-refractivity contribution in [1.82, 2.24) is 9.59 Å². The van der Waals surface area contributed by atoms with Gasteiger partial charge in [0.15, 0.2) is 0 Å². The van der Waals surface area contributed by atoms with Crippen molar-refractivity contribution in [3.8, 4) is 0 Å². The van der Waals surface area contributed by atoms with Gasteiger partial charge in [-0.3, -0.25) is 4.79 Å². The van der Waals surface area contributed by atoms with Crippen molar-refractivity contribution in [2.45, 2.75) is 26.7 Å². The minimum atomic E-state index is 0.0173. The molecule has 4 heteroatoms. The molecule has 0 amide bonds. The molecule has 17 heavy (non-hydrogen) atoms. The highest BCUT2D eigenvalue weighted by Gasteiger charge is 2.19. The lowest BCUT2D eigenvalue weighted by molar-refractivity contribution is 0.104. The van der Waals surface area contributed by atoms with Crippen molar-refractivity contribution in [3.05, 3.63) is 46.0 Å². The van der Waals surface area contributed by atoms with Crippen molar-refractivity contribution in [3.63, 3.8) is 0 Å². The Labute approximate surface area is 105 Å². The summed E-state index contributed by atoms with van der Waals surface area (Å²) >= 11 is 1.17. The van der Waals surface area contributed by atoms with Gasteiger partial charge in [0.25, 0.3) is 0 Å². The van der Waals surface area contributed by atoms with Crippen LogP contribution in [0.25, 0.3) is 0 Å². The van der Waals surface area contributed by atoms with Gasteiger partial charge in [-0.1, -0.05) is 48.2 Å². The monoisotopic (exact) mass is 246 g/mol. The van der Waals surface area contributed by atoms with Crippen LogP contribution >= 0.6 is 11.5 Å². The van der Waals surface area contributed by atoms with E-state index in [0.717, 1.165) is 11.3 Å². The molecule has 3 nitrogen and oxygen atoms in total. The molecule has 1 heterocycles. The topological polar surface area (TPSA) is 42.9 Å². The van der Waals surface area contributed by atoms with Gasteiger partial charge in [0.05, 0.1) is 5.69 Å². The van der Waals surface area contributed by atoms with Crippen LogP contribution in [0.3, 0.4) is 0 Å². The van der Waals surface area contributed by atoms with E-state index in [9.17, 15) is 4.79 Å². The number of carbonyl (C=O) groups excluding carboxylic acids is 1. The predicted molar refractivity (Wildman–Crippen MR) is 68.6 cm³/mol. The highest BCUT2D eigenvalue weighted by Crippen LogP contribution is 2.22. The molecule has 1 aromatic heterocycles. The molecule has 0 bridgehead atoms. The molecular formula is C13H14N2OS. The lowest BCUT2D eigenvalue weighted by atomic mass is 10.0. The largest absolute Gasteiger partial charge is 0.288 e. The summed E-state index contributed by atoms with van der Waals surface area (Å²) in [5, 5.41) is 4.03. The number of hydrogen-bond donors (Lipinski definition) is 0. The average Bonchev–Trinajstić information content (AvgIpc) is 2.78. The minimum Gasteiger partial charge on any atom is -0.288 e. The second-order valence-corrected chi connectivity index (χ2v) is 5.09. The molecule has 0 saturated heterocycles. The van der Waals surface area contributed by atoms with Gasteiger partial charge in [-0.15, -0.1) is 5.10 Å². The number of aryl methyl sites for hydroxylation is 1. The highest BCUT2D eigenvalue weighted by molar-refractivity contribution is 7.08. The third kappa shape index (κ3) is 2.42. The Morgan fingerprint density at radius 3 is 2.47 bits per heavy atom. The van der Waals surface area contributed by atoms with E-state index in [1.54, 1.807) is 0 Å². The fourth-order valence-electron chi connectivity index (χ4n) is 1.57. The van der Waals surface area contributed by atoms with Crippen LogP contribution in [0.1, 0.15) is 46.3 Å². The fraction of sp³-hybridized carbons (Fsp3) is 0.308. The molecule has 0 radical (unpaired) electrons. The van der Waals surface area contributed by atoms with E-state index >= 15 is 0 Å². The molecule has 0 aliphatic rings. The van der Waals surface area contributed by atoms with E-state index < -0.39 is 0 Å². The summed E-state index contributed by atoms with van der Waals surface area (Å²) in [7, 11) is 0. The Bertz CT molecular complexity index is 529. The Morgan fingerprint density at radius 2 is 1.88 bits per heavy atom. The first-order valence-electron chi connectivity index (χ1n) is 5.53. The van der Waals surface area contributed by atoms with Gasteiger partial charge in [0.1, 0.15) is 4.88 Å². The van der Waals surface area contributed by atoms with E-state index in [1.807, 2.05) is 45.0 Å². The molecule has 0 fully saturated rings. The molecule has 0 aliphatic heterocycles. The first kappa shape index (κ1) is 11.9. The van der Waals surface area contributed by atoms with Gasteiger partial charge < -0.3 is 0 Å². The van der Waals surface area contributed by atoms with Crippen molar-refractivity contribution < 1.29 is 4.79 Å². The molecule has 88 valence electrons. The van der Waals surface area contributed by atoms with Gasteiger partial charge >= 0.3 is 0 Å². The maximum Gasteiger partial charge on any atom is 0.206 e. The van der Waals surface area contributed by atoms with Gasteiger partial charge in [0.2, 0.25) is 5.78 Å². The minimum absolute atomic E-state index is 0.0173. The molecular weight excluding hydrogens is 232 g/mol. The Hall–Kier alpha value is -1.55. The van der Waals surface area contributed by atoms with Gasteiger partial charge in [-0.2, -0.15) is 0 Å². The summed E-state index contributed by atoms with van der Waals surface area (Å²) < 4.78 is 3.88. The lowest BCUT2D eigenvalue weighted by Gasteiger charge is -2.03. The number of carbonyl (C=O) groups is 1. The van der Waals surface area contributed by atoms with Crippen molar-refractivity contribution in [1.29, 1.82) is 0 Å². The quantitative estimate of drug-likeness (QED) is 0.781. The summed E-state index contributed by atoms with van der Waals surface area (Å²) in [6.07, 6.45) is 0. The van der Waals surface area contributed by atoms with Crippen LogP contribution in [-0.2, 0) is 0 Å². The van der Waals surface area contributed by atoms with Crippen molar-refractivity contribution in [2.75, 3.05) is 0 Å². The molecule has 0 saturated carbocycles.